The topological polar surface area (TPSA) is 166 Å². The lowest BCUT2D eigenvalue weighted by Crippen LogP contribution is -2.52. The van der Waals surface area contributed by atoms with E-state index in [9.17, 15) is 49.1 Å². The number of fused-ring (bicyclic) bond motifs is 1. The van der Waals surface area contributed by atoms with E-state index in [1.807, 2.05) is 24.3 Å². The van der Waals surface area contributed by atoms with Gasteiger partial charge in [0.1, 0.15) is 18.2 Å². The number of hydrogen-bond acceptors (Lipinski definition) is 11. The highest BCUT2D eigenvalue weighted by molar-refractivity contribution is 7.89. The highest BCUT2D eigenvalue weighted by Crippen LogP contribution is 2.43. The van der Waals surface area contributed by atoms with Crippen LogP contribution in [0.5, 0.6) is 0 Å². The summed E-state index contributed by atoms with van der Waals surface area (Å²) >= 11 is 0. The van der Waals surface area contributed by atoms with Gasteiger partial charge in [-0.25, -0.2) is 18.4 Å². The van der Waals surface area contributed by atoms with E-state index in [1.54, 1.807) is 23.1 Å². The molecule has 7 heterocycles. The lowest BCUT2D eigenvalue weighted by molar-refractivity contribution is -0.143. The molecule has 22 heteroatoms. The van der Waals surface area contributed by atoms with Crippen LogP contribution in [0.2, 0.25) is 0 Å². The number of nitrogens with one attached hydrogen (secondary N) is 2. The Morgan fingerprint density at radius 1 is 0.864 bits per heavy atom. The highest BCUT2D eigenvalue weighted by atomic mass is 32.2. The number of anilines is 2. The van der Waals surface area contributed by atoms with Crippen LogP contribution in [0.4, 0.5) is 38.0 Å². The van der Waals surface area contributed by atoms with Gasteiger partial charge in [0.05, 0.1) is 16.8 Å². The number of halogens is 6. The minimum absolute atomic E-state index is 0.126. The zero-order valence-corrected chi connectivity index (χ0v) is 36.6. The fraction of sp³-hybridized carbons (Fsp3) is 0.500. The first-order valence-corrected chi connectivity index (χ1v) is 23.4. The Balaban J connectivity index is 0.758. The predicted molar refractivity (Wildman–Crippen MR) is 227 cm³/mol. The SMILES string of the molecule is O=C1CCC(N2Cc3ccc(N4CCC5(CCN(Cc6cccc(S(=O)(=O)N7CCC(Nc8ncc(C(F)(F)F)c(-c9cnn(CC(F)(F)F)c9)n8)CC7)c6)CC5)CC4)cc3C2=O)C(=O)N1. The van der Waals surface area contributed by atoms with Gasteiger partial charge in [-0.1, -0.05) is 18.2 Å². The molecule has 1 spiro atoms. The Hall–Kier alpha value is -5.61. The van der Waals surface area contributed by atoms with Gasteiger partial charge in [0.2, 0.25) is 27.8 Å². The number of imide groups is 1. The van der Waals surface area contributed by atoms with E-state index < -0.39 is 52.1 Å². The van der Waals surface area contributed by atoms with Crippen molar-refractivity contribution < 1.29 is 49.1 Å². The molecule has 9 rings (SSSR count). The van der Waals surface area contributed by atoms with Gasteiger partial charge < -0.3 is 15.1 Å². The van der Waals surface area contributed by atoms with Crippen molar-refractivity contribution >= 4 is 39.4 Å². The van der Waals surface area contributed by atoms with Crippen molar-refractivity contribution in [2.45, 2.75) is 100 Å². The second-order valence-corrected chi connectivity index (χ2v) is 19.9. The number of carbonyl (C=O) groups is 3. The molecule has 2 aromatic heterocycles. The van der Waals surface area contributed by atoms with Crippen LogP contribution in [0.15, 0.2) is 66.0 Å². The average molecular weight is 943 g/mol. The summed E-state index contributed by atoms with van der Waals surface area (Å²) < 4.78 is 110. The number of piperidine rings is 4. The van der Waals surface area contributed by atoms with Crippen molar-refractivity contribution in [2.75, 3.05) is 49.5 Å². The molecule has 2 N–H and O–H groups in total. The summed E-state index contributed by atoms with van der Waals surface area (Å²) in [5.41, 5.74) is 1.40. The zero-order valence-electron chi connectivity index (χ0n) is 35.7. The van der Waals surface area contributed by atoms with Crippen molar-refractivity contribution in [3.05, 3.63) is 83.3 Å². The van der Waals surface area contributed by atoms with E-state index in [2.05, 4.69) is 35.5 Å². The number of amides is 3. The average Bonchev–Trinajstić information content (AvgIpc) is 3.87. The summed E-state index contributed by atoms with van der Waals surface area (Å²) in [5.74, 6) is -1.11. The van der Waals surface area contributed by atoms with Crippen LogP contribution in [0, 0.1) is 5.41 Å². The Morgan fingerprint density at radius 3 is 2.29 bits per heavy atom. The van der Waals surface area contributed by atoms with E-state index in [0.29, 0.717) is 48.8 Å². The Kier molecular flexibility index (Phi) is 12.1. The monoisotopic (exact) mass is 942 g/mol. The quantitative estimate of drug-likeness (QED) is 0.145. The van der Waals surface area contributed by atoms with Gasteiger partial charge in [-0.3, -0.25) is 29.3 Å². The van der Waals surface area contributed by atoms with Crippen LogP contribution in [0.1, 0.15) is 78.4 Å². The molecule has 66 heavy (non-hydrogen) atoms. The van der Waals surface area contributed by atoms with Crippen molar-refractivity contribution in [3.63, 3.8) is 0 Å². The molecule has 2 aromatic carbocycles. The number of likely N-dealkylation sites (tertiary alicyclic amines) is 1. The van der Waals surface area contributed by atoms with Gasteiger partial charge in [0, 0.05) is 80.9 Å². The number of carbonyl (C=O) groups excluding carboxylic acids is 3. The fourth-order valence-corrected chi connectivity index (χ4v) is 11.5. The number of alkyl halides is 6. The number of benzene rings is 2. The number of nitrogens with zero attached hydrogens (tertiary/aromatic N) is 8. The number of hydrogen-bond donors (Lipinski definition) is 2. The third-order valence-corrected chi connectivity index (χ3v) is 15.6. The minimum atomic E-state index is -4.89. The first-order valence-electron chi connectivity index (χ1n) is 22.0. The summed E-state index contributed by atoms with van der Waals surface area (Å²) in [6, 6.07) is 11.8. The third-order valence-electron chi connectivity index (χ3n) is 13.7. The molecule has 4 fully saturated rings. The molecule has 4 saturated heterocycles. The smallest absolute Gasteiger partial charge is 0.371 e. The van der Waals surface area contributed by atoms with Gasteiger partial charge in [0.25, 0.3) is 5.91 Å². The first-order chi connectivity index (χ1) is 31.3. The standard InChI is InChI=1S/C44H48F6N10O5S/c45-43(46,47)27-58-25-30(22-52-58)38-35(44(48,49)50)23-51-41(55-38)53-31-8-14-59(15-9-31)66(64,65)33-3-1-2-28(20-33)24-56-16-10-42(11-17-56)12-18-57(19-13-42)32-5-4-29-26-60(40(63)34(29)21-32)36-6-7-37(61)54-39(36)62/h1-5,20-23,25,31,36H,6-19,24,26-27H2,(H,51,53,55)(H,54,61,62). The maximum Gasteiger partial charge on any atom is 0.419 e. The minimum Gasteiger partial charge on any atom is -0.371 e. The maximum atomic E-state index is 13.9. The van der Waals surface area contributed by atoms with Crippen molar-refractivity contribution in [2.24, 2.45) is 5.41 Å². The lowest BCUT2D eigenvalue weighted by Gasteiger charge is -2.47. The molecule has 1 unspecified atom stereocenters. The van der Waals surface area contributed by atoms with Gasteiger partial charge in [-0.05, 0) is 98.8 Å². The highest BCUT2D eigenvalue weighted by Gasteiger charge is 2.42. The second kappa shape index (κ2) is 17.6. The van der Waals surface area contributed by atoms with Crippen molar-refractivity contribution in [1.29, 1.82) is 0 Å². The molecule has 0 bridgehead atoms. The zero-order chi connectivity index (χ0) is 46.6. The molecular weight excluding hydrogens is 895 g/mol. The Morgan fingerprint density at radius 2 is 1.59 bits per heavy atom. The molecule has 0 aliphatic carbocycles. The molecule has 0 saturated carbocycles. The fourth-order valence-electron chi connectivity index (χ4n) is 9.93. The van der Waals surface area contributed by atoms with E-state index in [1.165, 1.54) is 4.31 Å². The van der Waals surface area contributed by atoms with Gasteiger partial charge in [0.15, 0.2) is 0 Å². The molecule has 15 nitrogen and oxygen atoms in total. The van der Waals surface area contributed by atoms with Crippen LogP contribution >= 0.6 is 0 Å². The summed E-state index contributed by atoms with van der Waals surface area (Å²) in [6.45, 7) is 3.14. The summed E-state index contributed by atoms with van der Waals surface area (Å²) in [7, 11) is -3.88. The molecule has 0 radical (unpaired) electrons. The Bertz CT molecular complexity index is 2620. The first kappa shape index (κ1) is 45.5. The molecular formula is C44H48F6N10O5S. The molecule has 352 valence electrons. The molecule has 1 atom stereocenters. The molecule has 3 amide bonds. The summed E-state index contributed by atoms with van der Waals surface area (Å²) in [5, 5.41) is 8.87. The largest absolute Gasteiger partial charge is 0.419 e. The predicted octanol–water partition coefficient (Wildman–Crippen LogP) is 5.83. The van der Waals surface area contributed by atoms with Crippen LogP contribution in [0.25, 0.3) is 11.3 Å². The molecule has 4 aromatic rings. The van der Waals surface area contributed by atoms with Crippen molar-refractivity contribution in [3.8, 4) is 11.3 Å². The van der Waals surface area contributed by atoms with E-state index in [-0.39, 0.29) is 59.2 Å². The second-order valence-electron chi connectivity index (χ2n) is 18.0. The third kappa shape index (κ3) is 9.62. The Labute approximate surface area is 376 Å². The summed E-state index contributed by atoms with van der Waals surface area (Å²) in [6.07, 6.45) is -2.07. The van der Waals surface area contributed by atoms with Gasteiger partial charge in [-0.15, -0.1) is 0 Å². The van der Waals surface area contributed by atoms with Gasteiger partial charge >= 0.3 is 12.4 Å². The van der Waals surface area contributed by atoms with E-state index >= 15 is 0 Å². The van der Waals surface area contributed by atoms with E-state index in [0.717, 1.165) is 81.1 Å². The molecule has 5 aliphatic heterocycles. The normalized spacial score (nSPS) is 21.4. The summed E-state index contributed by atoms with van der Waals surface area (Å²) in [4.78, 5) is 51.8. The number of sulfonamides is 1. The number of aromatic nitrogens is 4. The molecule has 5 aliphatic rings. The van der Waals surface area contributed by atoms with Crippen LogP contribution in [0.3, 0.4) is 0 Å². The van der Waals surface area contributed by atoms with Crippen LogP contribution < -0.4 is 15.5 Å². The van der Waals surface area contributed by atoms with Crippen LogP contribution in [-0.4, -0.2) is 118 Å². The number of rotatable bonds is 10. The maximum absolute atomic E-state index is 13.9. The van der Waals surface area contributed by atoms with Crippen molar-refractivity contribution in [1.82, 2.24) is 39.2 Å². The lowest BCUT2D eigenvalue weighted by atomic mass is 9.71. The van der Waals surface area contributed by atoms with E-state index in [4.69, 9.17) is 0 Å². The van der Waals surface area contributed by atoms with Gasteiger partial charge in [-0.2, -0.15) is 35.7 Å². The van der Waals surface area contributed by atoms with Crippen LogP contribution in [-0.2, 0) is 45.4 Å².